The number of hydrogen-bond acceptors (Lipinski definition) is 12. The molecule has 3 aromatic carbocycles. The van der Waals surface area contributed by atoms with Gasteiger partial charge in [-0.15, -0.1) is 0 Å². The third-order valence-corrected chi connectivity index (χ3v) is 11.7. The third kappa shape index (κ3) is 13.8. The first-order chi connectivity index (χ1) is 28.5. The molecule has 1 unspecified atom stereocenters. The van der Waals surface area contributed by atoms with Crippen LogP contribution in [0.1, 0.15) is 54.2 Å². The van der Waals surface area contributed by atoms with E-state index in [2.05, 4.69) is 15.6 Å². The Hall–Kier alpha value is -5.94. The summed E-state index contributed by atoms with van der Waals surface area (Å²) in [6.07, 6.45) is 3.15. The molecule has 0 spiro atoms. The van der Waals surface area contributed by atoms with Gasteiger partial charge < -0.3 is 32.0 Å². The largest absolute Gasteiger partial charge is 0.513 e. The number of aliphatic imine (C=N–C) groups is 1. The highest BCUT2D eigenvalue weighted by Crippen LogP contribution is 2.27. The lowest BCUT2D eigenvalue weighted by molar-refractivity contribution is -0.552. The zero-order chi connectivity index (χ0) is 42.1. The number of anilines is 1. The number of carbonyl (C=O) groups is 5. The fourth-order valence-electron chi connectivity index (χ4n) is 6.32. The van der Waals surface area contributed by atoms with E-state index in [4.69, 9.17) is 31.7 Å². The van der Waals surface area contributed by atoms with Gasteiger partial charge >= 0.3 is 17.9 Å². The van der Waals surface area contributed by atoms with Crippen LogP contribution in [0.25, 0.3) is 11.3 Å². The van der Waals surface area contributed by atoms with Crippen LogP contribution in [0.3, 0.4) is 0 Å². The molecule has 1 aromatic heterocycles. The number of guanidine groups is 1. The summed E-state index contributed by atoms with van der Waals surface area (Å²) in [5, 5.41) is 6.08. The second-order valence-electron chi connectivity index (χ2n) is 13.8. The first-order valence-electron chi connectivity index (χ1n) is 19.1. The van der Waals surface area contributed by atoms with Gasteiger partial charge in [-0.25, -0.2) is 14.6 Å². The standard InChI is InChI=1S/C42H48N8O7S2/c1-27(51)47-36(37(52)24-31(38(43)53)14-8-19-46-41(44)45)26-59-58-21-9-20-56-42(55)57-32-17-15-30(16-18-32)35-25-50-39(33(48-35)22-28-10-4-2-5-11-28)49-34(40(50)54)23-29-12-6-3-7-13-29/h2-7,10-13,15-18,25,31,34,36H,8-9,14,19-24,26H2,1H3,(H7,43,44,45,46,47,51,53)/p+1/t31-,34?,36+/m0/s1. The molecule has 1 aliphatic rings. The lowest BCUT2D eigenvalue weighted by atomic mass is 9.94. The number of amides is 2. The number of Topliss-reactive ketones (excluding diaryl/α,β-unsaturated/α-hetero) is 1. The van der Waals surface area contributed by atoms with Gasteiger partial charge in [0.25, 0.3) is 0 Å². The average Bonchev–Trinajstić information content (AvgIpc) is 3.53. The highest BCUT2D eigenvalue weighted by Gasteiger charge is 2.41. The molecule has 17 heteroatoms. The number of nitrogens with one attached hydrogen (secondary N) is 2. The van der Waals surface area contributed by atoms with E-state index in [1.54, 1.807) is 35.0 Å². The van der Waals surface area contributed by atoms with Crippen molar-refractivity contribution in [3.8, 4) is 17.0 Å². The lowest BCUT2D eigenvalue weighted by Crippen LogP contribution is -2.44. The molecule has 59 heavy (non-hydrogen) atoms. The maximum absolute atomic E-state index is 13.7. The van der Waals surface area contributed by atoms with Crippen molar-refractivity contribution >= 4 is 63.0 Å². The number of primary amides is 1. The van der Waals surface area contributed by atoms with E-state index in [9.17, 15) is 24.0 Å². The Balaban J connectivity index is 1.09. The molecule has 0 aliphatic carbocycles. The van der Waals surface area contributed by atoms with Gasteiger partial charge in [0.1, 0.15) is 23.3 Å². The maximum atomic E-state index is 13.7. The van der Waals surface area contributed by atoms with Gasteiger partial charge in [0, 0.05) is 55.7 Å². The highest BCUT2D eigenvalue weighted by atomic mass is 33.1. The smallest absolute Gasteiger partial charge is 0.434 e. The van der Waals surface area contributed by atoms with E-state index in [0.717, 1.165) is 22.4 Å². The van der Waals surface area contributed by atoms with Gasteiger partial charge in [0.2, 0.25) is 11.8 Å². The molecule has 3 atom stereocenters. The fraction of sp³-hybridized carbons (Fsp3) is 0.333. The predicted octanol–water partition coefficient (Wildman–Crippen LogP) is 4.21. The van der Waals surface area contributed by atoms with Crippen LogP contribution in [0.2, 0.25) is 0 Å². The highest BCUT2D eigenvalue weighted by molar-refractivity contribution is 8.76. The molecule has 8 N–H and O–H groups in total. The van der Waals surface area contributed by atoms with E-state index in [1.807, 2.05) is 60.7 Å². The van der Waals surface area contributed by atoms with E-state index >= 15 is 0 Å². The summed E-state index contributed by atoms with van der Waals surface area (Å²) in [7, 11) is 2.83. The molecule has 1 aliphatic heterocycles. The molecule has 4 aromatic rings. The molecule has 0 radical (unpaired) electrons. The van der Waals surface area contributed by atoms with E-state index in [1.165, 1.54) is 28.5 Å². The predicted molar refractivity (Wildman–Crippen MR) is 229 cm³/mol. The van der Waals surface area contributed by atoms with Crippen molar-refractivity contribution in [1.29, 1.82) is 0 Å². The molecular weight excluding hydrogens is 793 g/mol. The summed E-state index contributed by atoms with van der Waals surface area (Å²) >= 11 is 0. The summed E-state index contributed by atoms with van der Waals surface area (Å²) < 4.78 is 12.3. The number of rotatable bonds is 22. The monoisotopic (exact) mass is 841 g/mol. The Kier molecular flexibility index (Phi) is 16.7. The van der Waals surface area contributed by atoms with Gasteiger partial charge in [0.15, 0.2) is 17.8 Å². The topological polar surface area (TPSA) is 235 Å². The molecule has 0 saturated heterocycles. The SMILES string of the molecule is CC(=O)N[C@H](CSSCCCOC(=O)Oc1ccc(-c2c[n+]3c(c(Cc4ccccc4)n2)NC(Cc2ccccc2)C3=O)cc1)C(=O)C[C@H](CCCN=C(N)N)C(N)=O. The lowest BCUT2D eigenvalue weighted by Gasteiger charge is -2.19. The van der Waals surface area contributed by atoms with Crippen LogP contribution >= 0.6 is 21.6 Å². The number of nitrogens with zero attached hydrogens (tertiary/aromatic N) is 3. The third-order valence-electron chi connectivity index (χ3n) is 9.25. The molecule has 2 amide bonds. The molecule has 0 saturated carbocycles. The number of benzene rings is 3. The van der Waals surface area contributed by atoms with Crippen molar-refractivity contribution in [3.63, 3.8) is 0 Å². The van der Waals surface area contributed by atoms with E-state index in [-0.39, 0.29) is 48.1 Å². The Morgan fingerprint density at radius 1 is 0.932 bits per heavy atom. The number of ketones is 1. The molecule has 0 fully saturated rings. The Labute approximate surface area is 350 Å². The summed E-state index contributed by atoms with van der Waals surface area (Å²) in [6.45, 7) is 1.73. The van der Waals surface area contributed by atoms with Crippen LogP contribution < -0.4 is 37.1 Å². The zero-order valence-electron chi connectivity index (χ0n) is 32.7. The molecular formula is C42H49N8O7S2+. The molecule has 2 heterocycles. The minimum atomic E-state index is -0.855. The Morgan fingerprint density at radius 2 is 1.63 bits per heavy atom. The maximum Gasteiger partial charge on any atom is 0.513 e. The molecule has 5 rings (SSSR count). The van der Waals surface area contributed by atoms with Crippen molar-refractivity contribution in [2.24, 2.45) is 28.1 Å². The van der Waals surface area contributed by atoms with Crippen molar-refractivity contribution in [2.45, 2.75) is 57.5 Å². The first kappa shape index (κ1) is 44.2. The number of ether oxygens (including phenoxy) is 2. The van der Waals surface area contributed by atoms with Crippen molar-refractivity contribution in [3.05, 3.63) is 108 Å². The number of nitrogens with two attached hydrogens (primary N) is 3. The second kappa shape index (κ2) is 22.3. The van der Waals surface area contributed by atoms with Crippen LogP contribution in [-0.2, 0) is 32.0 Å². The van der Waals surface area contributed by atoms with E-state index < -0.39 is 30.1 Å². The molecule has 15 nitrogen and oxygen atoms in total. The van der Waals surface area contributed by atoms with Crippen LogP contribution in [0.5, 0.6) is 5.75 Å². The summed E-state index contributed by atoms with van der Waals surface area (Å²) in [5.74, 6) is -0.283. The number of fused-ring (bicyclic) bond motifs is 1. The zero-order valence-corrected chi connectivity index (χ0v) is 34.3. The molecule has 310 valence electrons. The number of aromatic nitrogens is 2. The molecule has 0 bridgehead atoms. The van der Waals surface area contributed by atoms with Gasteiger partial charge in [-0.3, -0.25) is 24.7 Å². The van der Waals surface area contributed by atoms with Crippen molar-refractivity contribution in [2.75, 3.05) is 30.0 Å². The normalized spacial score (nSPS) is 14.0. The number of carbonyl (C=O) groups excluding carboxylic acids is 5. The van der Waals surface area contributed by atoms with Crippen molar-refractivity contribution in [1.82, 2.24) is 10.3 Å². The quantitative estimate of drug-likeness (QED) is 0.0142. The Morgan fingerprint density at radius 3 is 2.29 bits per heavy atom. The Bertz CT molecular complexity index is 2100. The summed E-state index contributed by atoms with van der Waals surface area (Å²) in [4.78, 5) is 71.7. The minimum absolute atomic E-state index is 0.0598. The van der Waals surface area contributed by atoms with Gasteiger partial charge in [-0.2, -0.15) is 4.57 Å². The van der Waals surface area contributed by atoms with Crippen LogP contribution in [-0.4, -0.2) is 77.3 Å². The second-order valence-corrected chi connectivity index (χ2v) is 16.5. The van der Waals surface area contributed by atoms with Crippen LogP contribution in [0.15, 0.2) is 96.1 Å². The minimum Gasteiger partial charge on any atom is -0.434 e. The van der Waals surface area contributed by atoms with Gasteiger partial charge in [-0.1, -0.05) is 82.3 Å². The summed E-state index contributed by atoms with van der Waals surface area (Å²) in [5.41, 5.74) is 20.4. The van der Waals surface area contributed by atoms with Gasteiger partial charge in [-0.05, 0) is 54.7 Å². The van der Waals surface area contributed by atoms with Crippen LogP contribution in [0, 0.1) is 5.92 Å². The number of hydrogen-bond donors (Lipinski definition) is 5. The van der Waals surface area contributed by atoms with E-state index in [0.29, 0.717) is 55.9 Å². The average molecular weight is 842 g/mol. The van der Waals surface area contributed by atoms with Crippen molar-refractivity contribution < 1.29 is 38.0 Å². The fourth-order valence-corrected chi connectivity index (χ4v) is 8.58. The summed E-state index contributed by atoms with van der Waals surface area (Å²) in [6, 6.07) is 25.4. The first-order valence-corrected chi connectivity index (χ1v) is 21.6. The van der Waals surface area contributed by atoms with Gasteiger partial charge in [0.05, 0.1) is 12.6 Å². The van der Waals surface area contributed by atoms with Crippen LogP contribution in [0.4, 0.5) is 10.6 Å².